The Balaban J connectivity index is 1.63. The number of sulfonamides is 1. The smallest absolute Gasteiger partial charge is 0.253 e. The summed E-state index contributed by atoms with van der Waals surface area (Å²) in [5.74, 6) is -0.215. The van der Waals surface area contributed by atoms with E-state index >= 15 is 0 Å². The molecular formula is C23H29N3O5S. The van der Waals surface area contributed by atoms with Crippen molar-refractivity contribution in [3.05, 3.63) is 54.1 Å². The van der Waals surface area contributed by atoms with Gasteiger partial charge in [-0.25, -0.2) is 8.42 Å². The third kappa shape index (κ3) is 5.46. The van der Waals surface area contributed by atoms with Crippen LogP contribution >= 0.6 is 0 Å². The first kappa shape index (κ1) is 23.7. The van der Waals surface area contributed by atoms with Gasteiger partial charge in [0.25, 0.3) is 5.91 Å². The van der Waals surface area contributed by atoms with Crippen LogP contribution in [0.1, 0.15) is 37.0 Å². The third-order valence-electron chi connectivity index (χ3n) is 5.37. The molecule has 1 fully saturated rings. The number of ether oxygens (including phenoxy) is 1. The van der Waals surface area contributed by atoms with Crippen LogP contribution in [0.3, 0.4) is 0 Å². The number of piperidine rings is 1. The fourth-order valence-electron chi connectivity index (χ4n) is 3.62. The van der Waals surface area contributed by atoms with Crippen molar-refractivity contribution >= 4 is 27.5 Å². The SMILES string of the molecule is COc1ccc(S(=O)(=O)N2CCC(C(=O)Nc3ccccc3C(=O)NC(C)C)CC2)cc1. The van der Waals surface area contributed by atoms with Gasteiger partial charge in [-0.2, -0.15) is 4.31 Å². The molecule has 172 valence electrons. The standard InChI is InChI=1S/C23H29N3O5S/c1-16(2)24-23(28)20-6-4-5-7-21(20)25-22(27)17-12-14-26(15-13-17)32(29,30)19-10-8-18(31-3)9-11-19/h4-11,16-17H,12-15H2,1-3H3,(H,24,28)(H,25,27). The summed E-state index contributed by atoms with van der Waals surface area (Å²) in [6.07, 6.45) is 0.809. The summed E-state index contributed by atoms with van der Waals surface area (Å²) in [5.41, 5.74) is 0.845. The summed E-state index contributed by atoms with van der Waals surface area (Å²) in [4.78, 5) is 25.5. The van der Waals surface area contributed by atoms with E-state index in [1.807, 2.05) is 13.8 Å². The molecule has 32 heavy (non-hydrogen) atoms. The number of nitrogens with zero attached hydrogens (tertiary/aromatic N) is 1. The Hall–Kier alpha value is -2.91. The van der Waals surface area contributed by atoms with E-state index in [0.29, 0.717) is 29.8 Å². The van der Waals surface area contributed by atoms with Gasteiger partial charge in [0.15, 0.2) is 0 Å². The van der Waals surface area contributed by atoms with Crippen LogP contribution in [0.15, 0.2) is 53.4 Å². The van der Waals surface area contributed by atoms with Gasteiger partial charge in [-0.3, -0.25) is 9.59 Å². The summed E-state index contributed by atoms with van der Waals surface area (Å²) >= 11 is 0. The fourth-order valence-corrected chi connectivity index (χ4v) is 5.09. The van der Waals surface area contributed by atoms with Gasteiger partial charge in [-0.05, 0) is 63.1 Å². The second-order valence-electron chi connectivity index (χ2n) is 8.02. The van der Waals surface area contributed by atoms with Crippen molar-refractivity contribution in [2.24, 2.45) is 5.92 Å². The number of benzene rings is 2. The molecule has 0 unspecified atom stereocenters. The molecule has 0 atom stereocenters. The minimum absolute atomic E-state index is 0.0248. The zero-order chi connectivity index (χ0) is 23.3. The Bertz CT molecular complexity index is 1060. The molecule has 2 amide bonds. The Morgan fingerprint density at radius 1 is 1.03 bits per heavy atom. The predicted molar refractivity (Wildman–Crippen MR) is 122 cm³/mol. The predicted octanol–water partition coefficient (Wildman–Crippen LogP) is 2.87. The van der Waals surface area contributed by atoms with Gasteiger partial charge in [-0.1, -0.05) is 12.1 Å². The average Bonchev–Trinajstić information content (AvgIpc) is 2.79. The molecule has 0 radical (unpaired) electrons. The number of carbonyl (C=O) groups is 2. The van der Waals surface area contributed by atoms with Gasteiger partial charge in [0.05, 0.1) is 23.3 Å². The van der Waals surface area contributed by atoms with Gasteiger partial charge < -0.3 is 15.4 Å². The normalized spacial score (nSPS) is 15.4. The van der Waals surface area contributed by atoms with Gasteiger partial charge in [0, 0.05) is 25.0 Å². The highest BCUT2D eigenvalue weighted by Gasteiger charge is 2.32. The second-order valence-corrected chi connectivity index (χ2v) is 9.95. The Morgan fingerprint density at radius 3 is 2.25 bits per heavy atom. The molecule has 1 aliphatic rings. The van der Waals surface area contributed by atoms with E-state index in [0.717, 1.165) is 0 Å². The maximum absolute atomic E-state index is 12.9. The van der Waals surface area contributed by atoms with Crippen LogP contribution < -0.4 is 15.4 Å². The van der Waals surface area contributed by atoms with Crippen molar-refractivity contribution in [1.29, 1.82) is 0 Å². The largest absolute Gasteiger partial charge is 0.497 e. The summed E-state index contributed by atoms with van der Waals surface area (Å²) in [6, 6.07) is 13.1. The first-order valence-electron chi connectivity index (χ1n) is 10.6. The lowest BCUT2D eigenvalue weighted by atomic mass is 9.97. The first-order valence-corrected chi connectivity index (χ1v) is 12.0. The summed E-state index contributed by atoms with van der Waals surface area (Å²) < 4.78 is 32.3. The topological polar surface area (TPSA) is 105 Å². The van der Waals surface area contributed by atoms with Crippen LogP contribution in [-0.2, 0) is 14.8 Å². The lowest BCUT2D eigenvalue weighted by molar-refractivity contribution is -0.120. The highest BCUT2D eigenvalue weighted by Crippen LogP contribution is 2.26. The monoisotopic (exact) mass is 459 g/mol. The maximum Gasteiger partial charge on any atom is 0.253 e. The van der Waals surface area contributed by atoms with Crippen molar-refractivity contribution in [3.63, 3.8) is 0 Å². The van der Waals surface area contributed by atoms with Gasteiger partial charge in [0.2, 0.25) is 15.9 Å². The Morgan fingerprint density at radius 2 is 1.66 bits per heavy atom. The molecule has 0 aromatic heterocycles. The molecule has 2 aromatic carbocycles. The lowest BCUT2D eigenvalue weighted by Crippen LogP contribution is -2.41. The van der Waals surface area contributed by atoms with Crippen molar-refractivity contribution in [1.82, 2.24) is 9.62 Å². The molecule has 9 heteroatoms. The molecule has 8 nitrogen and oxygen atoms in total. The minimum Gasteiger partial charge on any atom is -0.497 e. The van der Waals surface area contributed by atoms with Gasteiger partial charge in [-0.15, -0.1) is 0 Å². The molecular weight excluding hydrogens is 430 g/mol. The fraction of sp³-hybridized carbons (Fsp3) is 0.391. The zero-order valence-corrected chi connectivity index (χ0v) is 19.3. The number of para-hydroxylation sites is 1. The molecule has 0 bridgehead atoms. The molecule has 1 heterocycles. The second kappa shape index (κ2) is 10.1. The third-order valence-corrected chi connectivity index (χ3v) is 7.28. The van der Waals surface area contributed by atoms with Crippen LogP contribution in [0.4, 0.5) is 5.69 Å². The molecule has 0 aliphatic carbocycles. The first-order chi connectivity index (χ1) is 15.2. The molecule has 0 spiro atoms. The number of amides is 2. The van der Waals surface area contributed by atoms with E-state index < -0.39 is 10.0 Å². The van der Waals surface area contributed by atoms with Crippen molar-refractivity contribution < 1.29 is 22.7 Å². The van der Waals surface area contributed by atoms with Gasteiger partial charge in [0.1, 0.15) is 5.75 Å². The number of rotatable bonds is 7. The lowest BCUT2D eigenvalue weighted by Gasteiger charge is -2.30. The van der Waals surface area contributed by atoms with E-state index in [2.05, 4.69) is 10.6 Å². The minimum atomic E-state index is -3.63. The zero-order valence-electron chi connectivity index (χ0n) is 18.5. The summed E-state index contributed by atoms with van der Waals surface area (Å²) in [5, 5.41) is 5.68. The van der Waals surface area contributed by atoms with Crippen LogP contribution in [0, 0.1) is 5.92 Å². The highest BCUT2D eigenvalue weighted by atomic mass is 32.2. The number of nitrogens with one attached hydrogen (secondary N) is 2. The van der Waals surface area contributed by atoms with Crippen molar-refractivity contribution in [3.8, 4) is 5.75 Å². The molecule has 1 saturated heterocycles. The average molecular weight is 460 g/mol. The Kier molecular flexibility index (Phi) is 7.52. The van der Waals surface area contributed by atoms with E-state index in [1.54, 1.807) is 36.4 Å². The van der Waals surface area contributed by atoms with Crippen molar-refractivity contribution in [2.45, 2.75) is 37.6 Å². The summed E-state index contributed by atoms with van der Waals surface area (Å²) in [6.45, 7) is 4.24. The quantitative estimate of drug-likeness (QED) is 0.663. The molecule has 3 rings (SSSR count). The molecule has 0 saturated carbocycles. The maximum atomic E-state index is 12.9. The van der Waals surface area contributed by atoms with Crippen LogP contribution in [-0.4, -0.2) is 50.8 Å². The van der Waals surface area contributed by atoms with Crippen LogP contribution in [0.2, 0.25) is 0 Å². The van der Waals surface area contributed by atoms with E-state index in [9.17, 15) is 18.0 Å². The number of hydrogen-bond donors (Lipinski definition) is 2. The highest BCUT2D eigenvalue weighted by molar-refractivity contribution is 7.89. The van der Waals surface area contributed by atoms with Gasteiger partial charge >= 0.3 is 0 Å². The summed E-state index contributed by atoms with van der Waals surface area (Å²) in [7, 11) is -2.11. The Labute approximate surface area is 189 Å². The molecule has 2 N–H and O–H groups in total. The number of anilines is 1. The molecule has 1 aliphatic heterocycles. The van der Waals surface area contributed by atoms with E-state index in [4.69, 9.17) is 4.74 Å². The van der Waals surface area contributed by atoms with Crippen molar-refractivity contribution in [2.75, 3.05) is 25.5 Å². The van der Waals surface area contributed by atoms with Crippen LogP contribution in [0.5, 0.6) is 5.75 Å². The molecule has 2 aromatic rings. The number of hydrogen-bond acceptors (Lipinski definition) is 5. The van der Waals surface area contributed by atoms with E-state index in [1.165, 1.54) is 23.5 Å². The number of carbonyl (C=O) groups excluding carboxylic acids is 2. The van der Waals surface area contributed by atoms with E-state index in [-0.39, 0.29) is 41.8 Å². The number of methoxy groups -OCH3 is 1. The van der Waals surface area contributed by atoms with Crippen LogP contribution in [0.25, 0.3) is 0 Å².